The van der Waals surface area contributed by atoms with E-state index < -0.39 is 5.97 Å². The fourth-order valence-corrected chi connectivity index (χ4v) is 3.08. The van der Waals surface area contributed by atoms with Gasteiger partial charge in [-0.05, 0) is 43.9 Å². The van der Waals surface area contributed by atoms with E-state index in [1.807, 2.05) is 4.90 Å². The summed E-state index contributed by atoms with van der Waals surface area (Å²) in [5.74, 6) is 0.726. The smallest absolute Gasteiger partial charge is 0.335 e. The second kappa shape index (κ2) is 7.46. The van der Waals surface area contributed by atoms with Crippen LogP contribution in [0, 0.1) is 6.92 Å². The van der Waals surface area contributed by atoms with Crippen molar-refractivity contribution in [3.8, 4) is 0 Å². The van der Waals surface area contributed by atoms with Gasteiger partial charge in [0.2, 0.25) is 11.8 Å². The van der Waals surface area contributed by atoms with E-state index in [0.717, 1.165) is 18.4 Å². The van der Waals surface area contributed by atoms with Gasteiger partial charge >= 0.3 is 5.97 Å². The molecule has 1 saturated heterocycles. The monoisotopic (exact) mass is 343 g/mol. The van der Waals surface area contributed by atoms with Crippen LogP contribution in [-0.4, -0.2) is 45.1 Å². The van der Waals surface area contributed by atoms with Crippen LogP contribution in [0.5, 0.6) is 0 Å². The van der Waals surface area contributed by atoms with E-state index in [1.54, 1.807) is 31.2 Å². The number of carbonyl (C=O) groups excluding carboxylic acids is 1. The Morgan fingerprint density at radius 3 is 2.48 bits per heavy atom. The molecule has 1 aromatic heterocycles. The van der Waals surface area contributed by atoms with E-state index in [0.29, 0.717) is 37.6 Å². The summed E-state index contributed by atoms with van der Waals surface area (Å²) in [4.78, 5) is 29.4. The van der Waals surface area contributed by atoms with Crippen LogP contribution in [-0.2, 0) is 11.2 Å². The van der Waals surface area contributed by atoms with Crippen LogP contribution in [0.4, 0.5) is 0 Å². The Balaban J connectivity index is 1.47. The van der Waals surface area contributed by atoms with Gasteiger partial charge in [-0.3, -0.25) is 4.79 Å². The molecular weight excluding hydrogens is 322 g/mol. The predicted octanol–water partition coefficient (Wildman–Crippen LogP) is 2.42. The molecule has 2 heterocycles. The van der Waals surface area contributed by atoms with Crippen LogP contribution < -0.4 is 0 Å². The second-order valence-electron chi connectivity index (χ2n) is 6.34. The predicted molar refractivity (Wildman–Crippen MR) is 89.3 cm³/mol. The molecule has 1 fully saturated rings. The Labute approximate surface area is 145 Å². The number of carboxylic acid groups (broad SMARTS) is 1. The number of nitrogens with zero attached hydrogens (tertiary/aromatic N) is 3. The van der Waals surface area contributed by atoms with Crippen molar-refractivity contribution in [3.05, 3.63) is 47.1 Å². The van der Waals surface area contributed by atoms with Gasteiger partial charge in [-0.1, -0.05) is 17.3 Å². The summed E-state index contributed by atoms with van der Waals surface area (Å²) in [6.07, 6.45) is 2.71. The van der Waals surface area contributed by atoms with Crippen LogP contribution in [0.15, 0.2) is 28.8 Å². The topological polar surface area (TPSA) is 96.5 Å². The van der Waals surface area contributed by atoms with Gasteiger partial charge in [0.1, 0.15) is 0 Å². The average Bonchev–Trinajstić information content (AvgIpc) is 3.06. The molecule has 1 N–H and O–H groups in total. The van der Waals surface area contributed by atoms with Gasteiger partial charge in [0.25, 0.3) is 0 Å². The number of carbonyl (C=O) groups is 2. The first kappa shape index (κ1) is 17.1. The zero-order chi connectivity index (χ0) is 17.8. The zero-order valence-corrected chi connectivity index (χ0v) is 14.1. The number of hydrogen-bond acceptors (Lipinski definition) is 5. The molecule has 132 valence electrons. The Hall–Kier alpha value is -2.70. The molecule has 1 aromatic carbocycles. The summed E-state index contributed by atoms with van der Waals surface area (Å²) in [7, 11) is 0. The molecule has 0 saturated carbocycles. The van der Waals surface area contributed by atoms with Crippen LogP contribution >= 0.6 is 0 Å². The fourth-order valence-electron chi connectivity index (χ4n) is 3.08. The van der Waals surface area contributed by atoms with Crippen molar-refractivity contribution in [2.24, 2.45) is 0 Å². The van der Waals surface area contributed by atoms with Crippen molar-refractivity contribution in [2.45, 2.75) is 38.5 Å². The molecule has 0 bridgehead atoms. The number of aromatic nitrogens is 2. The van der Waals surface area contributed by atoms with Crippen molar-refractivity contribution >= 4 is 11.9 Å². The van der Waals surface area contributed by atoms with Gasteiger partial charge in [0, 0.05) is 25.4 Å². The maximum Gasteiger partial charge on any atom is 0.335 e. The minimum Gasteiger partial charge on any atom is -0.478 e. The molecule has 7 heteroatoms. The standard InChI is InChI=1S/C18H21N3O4/c1-12-19-17(25-20-12)14-8-10-21(11-9-14)16(22)7-4-13-2-5-15(6-3-13)18(23)24/h2-3,5-6,14H,4,7-11H2,1H3,(H,23,24). The van der Waals surface area contributed by atoms with Gasteiger partial charge in [-0.15, -0.1) is 0 Å². The summed E-state index contributed by atoms with van der Waals surface area (Å²) < 4.78 is 5.22. The first-order valence-corrected chi connectivity index (χ1v) is 8.43. The highest BCUT2D eigenvalue weighted by Gasteiger charge is 2.26. The van der Waals surface area contributed by atoms with E-state index >= 15 is 0 Å². The number of hydrogen-bond donors (Lipinski definition) is 1. The lowest BCUT2D eigenvalue weighted by molar-refractivity contribution is -0.132. The summed E-state index contributed by atoms with van der Waals surface area (Å²) >= 11 is 0. The Morgan fingerprint density at radius 2 is 1.92 bits per heavy atom. The number of aromatic carboxylic acids is 1. The SMILES string of the molecule is Cc1noc(C2CCN(C(=O)CCc3ccc(C(=O)O)cc3)CC2)n1. The summed E-state index contributed by atoms with van der Waals surface area (Å²) in [6.45, 7) is 3.19. The van der Waals surface area contributed by atoms with Gasteiger partial charge in [-0.2, -0.15) is 4.98 Å². The van der Waals surface area contributed by atoms with Gasteiger partial charge in [0.05, 0.1) is 5.56 Å². The minimum absolute atomic E-state index is 0.127. The molecule has 2 aromatic rings. The zero-order valence-electron chi connectivity index (χ0n) is 14.1. The van der Waals surface area contributed by atoms with E-state index in [-0.39, 0.29) is 17.4 Å². The summed E-state index contributed by atoms with van der Waals surface area (Å²) in [5.41, 5.74) is 1.22. The lowest BCUT2D eigenvalue weighted by Crippen LogP contribution is -2.38. The van der Waals surface area contributed by atoms with Crippen molar-refractivity contribution in [1.82, 2.24) is 15.0 Å². The molecular formula is C18H21N3O4. The second-order valence-corrected chi connectivity index (χ2v) is 6.34. The van der Waals surface area contributed by atoms with Gasteiger partial charge < -0.3 is 14.5 Å². The van der Waals surface area contributed by atoms with E-state index in [9.17, 15) is 9.59 Å². The number of aryl methyl sites for hydroxylation is 2. The largest absolute Gasteiger partial charge is 0.478 e. The molecule has 0 radical (unpaired) electrons. The van der Waals surface area contributed by atoms with Crippen LogP contribution in [0.3, 0.4) is 0 Å². The van der Waals surface area contributed by atoms with E-state index in [1.165, 1.54) is 0 Å². The molecule has 1 amide bonds. The fraction of sp³-hybridized carbons (Fsp3) is 0.444. The third kappa shape index (κ3) is 4.23. The van der Waals surface area contributed by atoms with Crippen LogP contribution in [0.25, 0.3) is 0 Å². The number of piperidine rings is 1. The van der Waals surface area contributed by atoms with Crippen molar-refractivity contribution in [1.29, 1.82) is 0 Å². The molecule has 0 atom stereocenters. The van der Waals surface area contributed by atoms with Crippen molar-refractivity contribution < 1.29 is 19.2 Å². The molecule has 1 aliphatic rings. The maximum atomic E-state index is 12.4. The Bertz CT molecular complexity index is 746. The number of amides is 1. The molecule has 0 unspecified atom stereocenters. The Morgan fingerprint density at radius 1 is 1.24 bits per heavy atom. The van der Waals surface area contributed by atoms with Gasteiger partial charge in [0.15, 0.2) is 5.82 Å². The van der Waals surface area contributed by atoms with Crippen molar-refractivity contribution in [3.63, 3.8) is 0 Å². The van der Waals surface area contributed by atoms with Crippen LogP contribution in [0.1, 0.15) is 52.8 Å². The van der Waals surface area contributed by atoms with Crippen molar-refractivity contribution in [2.75, 3.05) is 13.1 Å². The van der Waals surface area contributed by atoms with Crippen LogP contribution in [0.2, 0.25) is 0 Å². The highest BCUT2D eigenvalue weighted by molar-refractivity contribution is 5.87. The highest BCUT2D eigenvalue weighted by Crippen LogP contribution is 2.27. The van der Waals surface area contributed by atoms with E-state index in [2.05, 4.69) is 10.1 Å². The molecule has 3 rings (SSSR count). The molecule has 1 aliphatic heterocycles. The van der Waals surface area contributed by atoms with E-state index in [4.69, 9.17) is 9.63 Å². The number of rotatable bonds is 5. The highest BCUT2D eigenvalue weighted by atomic mass is 16.5. The van der Waals surface area contributed by atoms with Gasteiger partial charge in [-0.25, -0.2) is 4.79 Å². The number of benzene rings is 1. The lowest BCUT2D eigenvalue weighted by Gasteiger charge is -2.30. The third-order valence-corrected chi connectivity index (χ3v) is 4.57. The third-order valence-electron chi connectivity index (χ3n) is 4.57. The maximum absolute atomic E-state index is 12.4. The number of likely N-dealkylation sites (tertiary alicyclic amines) is 1. The first-order chi connectivity index (χ1) is 12.0. The quantitative estimate of drug-likeness (QED) is 0.895. The molecule has 0 aliphatic carbocycles. The molecule has 7 nitrogen and oxygen atoms in total. The lowest BCUT2D eigenvalue weighted by atomic mass is 9.96. The average molecular weight is 343 g/mol. The normalized spacial score (nSPS) is 15.3. The molecule has 25 heavy (non-hydrogen) atoms. The number of carboxylic acids is 1. The first-order valence-electron chi connectivity index (χ1n) is 8.43. The Kier molecular flexibility index (Phi) is 5.11. The molecule has 0 spiro atoms. The summed E-state index contributed by atoms with van der Waals surface area (Å²) in [5, 5.41) is 12.7. The minimum atomic E-state index is -0.943. The summed E-state index contributed by atoms with van der Waals surface area (Å²) in [6, 6.07) is 6.67.